The molecular weight excluding hydrogens is 376 g/mol. The van der Waals surface area contributed by atoms with Crippen molar-refractivity contribution in [1.29, 1.82) is 0 Å². The summed E-state index contributed by atoms with van der Waals surface area (Å²) in [7, 11) is 0.807. The minimum Gasteiger partial charge on any atom is -0.465 e. The number of carbonyl (C=O) groups is 1. The Hall–Kier alpha value is -1.52. The van der Waals surface area contributed by atoms with E-state index in [2.05, 4.69) is 30.4 Å². The molecule has 1 heterocycles. The van der Waals surface area contributed by atoms with Crippen LogP contribution in [0.3, 0.4) is 0 Å². The molecule has 0 saturated carbocycles. The molecule has 0 amide bonds. The van der Waals surface area contributed by atoms with Crippen LogP contribution in [-0.2, 0) is 16.2 Å². The summed E-state index contributed by atoms with van der Waals surface area (Å²) in [5.74, 6) is -3.16. The highest BCUT2D eigenvalue weighted by Gasteiger charge is 2.43. The van der Waals surface area contributed by atoms with E-state index in [-0.39, 0.29) is 11.0 Å². The van der Waals surface area contributed by atoms with Crippen LogP contribution in [0.25, 0.3) is 0 Å². The molecule has 0 atom stereocenters. The van der Waals surface area contributed by atoms with E-state index in [0.717, 1.165) is 13.2 Å². The molecule has 21 heavy (non-hydrogen) atoms. The van der Waals surface area contributed by atoms with Crippen LogP contribution in [-0.4, -0.2) is 24.4 Å². The van der Waals surface area contributed by atoms with Gasteiger partial charge in [0.25, 0.3) is 0 Å². The van der Waals surface area contributed by atoms with E-state index in [1.54, 1.807) is 0 Å². The molecule has 0 aliphatic carbocycles. The highest BCUT2D eigenvalue weighted by atomic mass is 79.9. The van der Waals surface area contributed by atoms with Crippen molar-refractivity contribution in [3.63, 3.8) is 0 Å². The molecule has 4 nitrogen and oxygen atoms in total. The Kier molecular flexibility index (Phi) is 5.07. The van der Waals surface area contributed by atoms with Gasteiger partial charge in [-0.15, -0.1) is 13.2 Å². The van der Waals surface area contributed by atoms with Crippen molar-refractivity contribution in [2.45, 2.75) is 17.9 Å². The number of aromatic nitrogens is 1. The van der Waals surface area contributed by atoms with Gasteiger partial charge in [0.2, 0.25) is 0 Å². The molecule has 1 aromatic rings. The van der Waals surface area contributed by atoms with Crippen LogP contribution < -0.4 is 4.74 Å². The van der Waals surface area contributed by atoms with E-state index in [0.29, 0.717) is 0 Å². The van der Waals surface area contributed by atoms with Gasteiger partial charge in [0, 0.05) is 5.33 Å². The molecule has 0 saturated heterocycles. The molecule has 0 fully saturated rings. The first-order chi connectivity index (χ1) is 9.49. The third-order valence-electron chi connectivity index (χ3n) is 2.05. The van der Waals surface area contributed by atoms with Gasteiger partial charge in [0.15, 0.2) is 11.4 Å². The summed E-state index contributed by atoms with van der Waals surface area (Å²) in [6.45, 7) is 0. The van der Waals surface area contributed by atoms with E-state index in [4.69, 9.17) is 0 Å². The molecule has 0 unspecified atom stereocenters. The molecule has 0 N–H and O–H groups in total. The quantitative estimate of drug-likeness (QED) is 0.455. The van der Waals surface area contributed by atoms with Crippen LogP contribution in [0.5, 0.6) is 5.75 Å². The van der Waals surface area contributed by atoms with Gasteiger partial charge in [-0.2, -0.15) is 13.2 Å². The molecule has 1 rings (SSSR count). The summed E-state index contributed by atoms with van der Waals surface area (Å²) in [4.78, 5) is 14.4. The summed E-state index contributed by atoms with van der Waals surface area (Å²) < 4.78 is 82.7. The third kappa shape index (κ3) is 4.48. The smallest absolute Gasteiger partial charge is 0.465 e. The zero-order valence-electron chi connectivity index (χ0n) is 10.1. The monoisotopic (exact) mass is 381 g/mol. The number of pyridine rings is 1. The van der Waals surface area contributed by atoms with Crippen molar-refractivity contribution in [3.8, 4) is 5.75 Å². The molecule has 0 bridgehead atoms. The van der Waals surface area contributed by atoms with Gasteiger partial charge in [0.1, 0.15) is 5.56 Å². The Balaban J connectivity index is 3.63. The SMILES string of the molecule is COC(=O)c1cc(CBr)nc(C(F)(F)F)c1OC(F)(F)F. The lowest BCUT2D eigenvalue weighted by molar-refractivity contribution is -0.276. The maximum Gasteiger partial charge on any atom is 0.573 e. The molecule has 0 spiro atoms. The number of halogens is 7. The average molecular weight is 382 g/mol. The number of ether oxygens (including phenoxy) is 2. The minimum atomic E-state index is -5.43. The van der Waals surface area contributed by atoms with Crippen molar-refractivity contribution in [3.05, 3.63) is 23.0 Å². The average Bonchev–Trinajstić information content (AvgIpc) is 2.34. The van der Waals surface area contributed by atoms with Crippen LogP contribution in [0, 0.1) is 0 Å². The summed E-state index contributed by atoms with van der Waals surface area (Å²) in [5.41, 5.74) is -3.29. The Morgan fingerprint density at radius 1 is 1.29 bits per heavy atom. The fraction of sp³-hybridized carbons (Fsp3) is 0.400. The maximum atomic E-state index is 12.8. The molecule has 11 heteroatoms. The summed E-state index contributed by atoms with van der Waals surface area (Å²) in [6, 6.07) is 0.719. The van der Waals surface area contributed by atoms with Crippen molar-refractivity contribution < 1.29 is 40.6 Å². The molecule has 0 aliphatic rings. The van der Waals surface area contributed by atoms with Gasteiger partial charge < -0.3 is 9.47 Å². The van der Waals surface area contributed by atoms with Crippen LogP contribution in [0.2, 0.25) is 0 Å². The third-order valence-corrected chi connectivity index (χ3v) is 2.63. The number of esters is 1. The molecular formula is C10H6BrF6NO3. The lowest BCUT2D eigenvalue weighted by atomic mass is 10.1. The highest BCUT2D eigenvalue weighted by Crippen LogP contribution is 2.40. The summed E-state index contributed by atoms with van der Waals surface area (Å²) in [6.07, 6.45) is -10.7. The van der Waals surface area contributed by atoms with Gasteiger partial charge in [-0.05, 0) is 6.07 Å². The lowest BCUT2D eigenvalue weighted by Gasteiger charge is -2.18. The normalized spacial score (nSPS) is 12.2. The second-order valence-corrected chi connectivity index (χ2v) is 4.07. The number of hydrogen-bond acceptors (Lipinski definition) is 4. The number of carbonyl (C=O) groups excluding carboxylic acids is 1. The Morgan fingerprint density at radius 3 is 2.24 bits per heavy atom. The second-order valence-electron chi connectivity index (χ2n) is 3.51. The Bertz CT molecular complexity index is 543. The predicted octanol–water partition coefficient (Wildman–Crippen LogP) is 3.68. The fourth-order valence-electron chi connectivity index (χ4n) is 1.33. The number of alkyl halides is 7. The first-order valence-electron chi connectivity index (χ1n) is 5.00. The van der Waals surface area contributed by atoms with Crippen molar-refractivity contribution in [1.82, 2.24) is 4.98 Å². The van der Waals surface area contributed by atoms with E-state index in [9.17, 15) is 31.1 Å². The molecule has 118 valence electrons. The van der Waals surface area contributed by atoms with Crippen molar-refractivity contribution >= 4 is 21.9 Å². The fourth-order valence-corrected chi connectivity index (χ4v) is 1.61. The number of methoxy groups -OCH3 is 1. The highest BCUT2D eigenvalue weighted by molar-refractivity contribution is 9.08. The molecule has 0 aromatic carbocycles. The van der Waals surface area contributed by atoms with E-state index in [1.165, 1.54) is 0 Å². The van der Waals surface area contributed by atoms with E-state index < -0.39 is 35.5 Å². The lowest BCUT2D eigenvalue weighted by Crippen LogP contribution is -2.24. The Morgan fingerprint density at radius 2 is 1.86 bits per heavy atom. The topological polar surface area (TPSA) is 48.4 Å². The van der Waals surface area contributed by atoms with Crippen molar-refractivity contribution in [2.24, 2.45) is 0 Å². The standard InChI is InChI=1S/C10H6BrF6NO3/c1-20-8(19)5-2-4(3-11)18-7(9(12,13)14)6(5)21-10(15,16)17/h2H,3H2,1H3. The van der Waals surface area contributed by atoms with E-state index in [1.807, 2.05) is 0 Å². The second kappa shape index (κ2) is 6.08. The van der Waals surface area contributed by atoms with Crippen LogP contribution in [0.15, 0.2) is 6.07 Å². The first kappa shape index (κ1) is 17.5. The van der Waals surface area contributed by atoms with Crippen molar-refractivity contribution in [2.75, 3.05) is 7.11 Å². The first-order valence-corrected chi connectivity index (χ1v) is 6.13. The zero-order chi connectivity index (χ0) is 16.4. The van der Waals surface area contributed by atoms with Gasteiger partial charge in [-0.1, -0.05) is 15.9 Å². The van der Waals surface area contributed by atoms with Crippen LogP contribution in [0.4, 0.5) is 26.3 Å². The van der Waals surface area contributed by atoms with Gasteiger partial charge in [0.05, 0.1) is 12.8 Å². The van der Waals surface area contributed by atoms with Crippen LogP contribution in [0.1, 0.15) is 21.7 Å². The zero-order valence-corrected chi connectivity index (χ0v) is 11.7. The molecule has 0 aliphatic heterocycles. The van der Waals surface area contributed by atoms with Crippen LogP contribution >= 0.6 is 15.9 Å². The molecule has 1 aromatic heterocycles. The summed E-state index contributed by atoms with van der Waals surface area (Å²) >= 11 is 2.80. The number of hydrogen-bond donors (Lipinski definition) is 0. The number of rotatable bonds is 3. The van der Waals surface area contributed by atoms with Gasteiger partial charge in [-0.3, -0.25) is 0 Å². The van der Waals surface area contributed by atoms with E-state index >= 15 is 0 Å². The van der Waals surface area contributed by atoms with Gasteiger partial charge in [-0.25, -0.2) is 9.78 Å². The minimum absolute atomic E-state index is 0.216. The summed E-state index contributed by atoms with van der Waals surface area (Å²) in [5, 5.41) is -0.216. The Labute approximate surface area is 122 Å². The number of nitrogens with zero attached hydrogens (tertiary/aromatic N) is 1. The predicted molar refractivity (Wildman–Crippen MR) is 59.9 cm³/mol. The van der Waals surface area contributed by atoms with Gasteiger partial charge >= 0.3 is 18.5 Å². The largest absolute Gasteiger partial charge is 0.573 e. The molecule has 0 radical (unpaired) electrons. The maximum absolute atomic E-state index is 12.8.